The molecule has 4 nitrogen and oxygen atoms in total. The van der Waals surface area contributed by atoms with E-state index in [1.54, 1.807) is 18.2 Å². The van der Waals surface area contributed by atoms with E-state index in [0.29, 0.717) is 22.9 Å². The number of rotatable bonds is 6. The standard InChI is InChI=1S/C13H18ClN3O/c1-17(10-3-4-10)6-7-18-12-5-2-9(14)8-11(12)13(15)16/h2,5,8,10H,3-4,6-7H2,1H3,(H3,15,16). The summed E-state index contributed by atoms with van der Waals surface area (Å²) in [5.41, 5.74) is 6.06. The molecule has 1 saturated carbocycles. The number of amidine groups is 1. The number of nitrogens with two attached hydrogens (primary N) is 1. The van der Waals surface area contributed by atoms with Gasteiger partial charge in [-0.25, -0.2) is 0 Å². The number of hydrogen-bond acceptors (Lipinski definition) is 3. The monoisotopic (exact) mass is 267 g/mol. The second-order valence-electron chi connectivity index (χ2n) is 4.61. The number of nitrogens with one attached hydrogen (secondary N) is 1. The van der Waals surface area contributed by atoms with E-state index in [1.807, 2.05) is 0 Å². The molecule has 98 valence electrons. The predicted octanol–water partition coefficient (Wildman–Crippen LogP) is 2.10. The quantitative estimate of drug-likeness (QED) is 0.613. The Balaban J connectivity index is 1.93. The van der Waals surface area contributed by atoms with Gasteiger partial charge < -0.3 is 15.4 Å². The molecule has 0 amide bonds. The Morgan fingerprint density at radius 2 is 2.28 bits per heavy atom. The van der Waals surface area contributed by atoms with Gasteiger partial charge >= 0.3 is 0 Å². The third-order valence-corrected chi connectivity index (χ3v) is 3.34. The van der Waals surface area contributed by atoms with Crippen molar-refractivity contribution in [1.82, 2.24) is 4.90 Å². The zero-order valence-corrected chi connectivity index (χ0v) is 11.2. The molecule has 0 atom stereocenters. The van der Waals surface area contributed by atoms with Gasteiger partial charge in [0.05, 0.1) is 5.56 Å². The van der Waals surface area contributed by atoms with Gasteiger partial charge in [-0.3, -0.25) is 5.41 Å². The van der Waals surface area contributed by atoms with Gasteiger partial charge in [-0.2, -0.15) is 0 Å². The molecule has 1 aromatic rings. The average molecular weight is 268 g/mol. The molecule has 2 rings (SSSR count). The van der Waals surface area contributed by atoms with Crippen molar-refractivity contribution >= 4 is 17.4 Å². The van der Waals surface area contributed by atoms with Crippen LogP contribution in [0, 0.1) is 5.41 Å². The van der Waals surface area contributed by atoms with Crippen molar-refractivity contribution in [2.75, 3.05) is 20.2 Å². The molecule has 0 aliphatic heterocycles. The molecule has 0 radical (unpaired) electrons. The maximum atomic E-state index is 7.50. The highest BCUT2D eigenvalue weighted by molar-refractivity contribution is 6.31. The number of likely N-dealkylation sites (N-methyl/N-ethyl adjacent to an activating group) is 1. The van der Waals surface area contributed by atoms with E-state index >= 15 is 0 Å². The van der Waals surface area contributed by atoms with Crippen LogP contribution in [0.2, 0.25) is 5.02 Å². The first-order valence-corrected chi connectivity index (χ1v) is 6.42. The van der Waals surface area contributed by atoms with Gasteiger partial charge in [0.25, 0.3) is 0 Å². The highest BCUT2D eigenvalue weighted by Gasteiger charge is 2.25. The molecule has 0 bridgehead atoms. The third kappa shape index (κ3) is 3.37. The van der Waals surface area contributed by atoms with Crippen LogP contribution in [-0.2, 0) is 0 Å². The van der Waals surface area contributed by atoms with Crippen molar-refractivity contribution in [2.24, 2.45) is 5.73 Å². The Hall–Kier alpha value is -1.26. The third-order valence-electron chi connectivity index (χ3n) is 3.10. The van der Waals surface area contributed by atoms with E-state index in [4.69, 9.17) is 27.5 Å². The Bertz CT molecular complexity index is 446. The molecule has 1 aromatic carbocycles. The number of ether oxygens (including phenoxy) is 1. The summed E-state index contributed by atoms with van der Waals surface area (Å²) in [6, 6.07) is 5.89. The zero-order valence-electron chi connectivity index (χ0n) is 10.4. The van der Waals surface area contributed by atoms with Gasteiger partial charge in [0.15, 0.2) is 0 Å². The van der Waals surface area contributed by atoms with Crippen molar-refractivity contribution in [3.05, 3.63) is 28.8 Å². The Morgan fingerprint density at radius 3 is 2.89 bits per heavy atom. The highest BCUT2D eigenvalue weighted by Crippen LogP contribution is 2.25. The number of halogens is 1. The van der Waals surface area contributed by atoms with Crippen molar-refractivity contribution in [2.45, 2.75) is 18.9 Å². The van der Waals surface area contributed by atoms with E-state index in [1.165, 1.54) is 12.8 Å². The smallest absolute Gasteiger partial charge is 0.130 e. The molecule has 1 fully saturated rings. The fourth-order valence-corrected chi connectivity index (χ4v) is 2.01. The summed E-state index contributed by atoms with van der Waals surface area (Å²) < 4.78 is 5.68. The van der Waals surface area contributed by atoms with Gasteiger partial charge in [-0.05, 0) is 38.1 Å². The maximum Gasteiger partial charge on any atom is 0.130 e. The van der Waals surface area contributed by atoms with Crippen molar-refractivity contribution in [3.63, 3.8) is 0 Å². The molecule has 0 spiro atoms. The minimum atomic E-state index is -0.0250. The lowest BCUT2D eigenvalue weighted by atomic mass is 10.2. The second kappa shape index (κ2) is 5.59. The Labute approximate surface area is 112 Å². The number of hydrogen-bond donors (Lipinski definition) is 2. The lowest BCUT2D eigenvalue weighted by molar-refractivity contribution is 0.231. The first-order valence-electron chi connectivity index (χ1n) is 6.05. The van der Waals surface area contributed by atoms with Crippen LogP contribution in [0.5, 0.6) is 5.75 Å². The van der Waals surface area contributed by atoms with Crippen molar-refractivity contribution < 1.29 is 4.74 Å². The summed E-state index contributed by atoms with van der Waals surface area (Å²) in [5, 5.41) is 8.06. The van der Waals surface area contributed by atoms with Crippen LogP contribution < -0.4 is 10.5 Å². The summed E-state index contributed by atoms with van der Waals surface area (Å²) in [4.78, 5) is 2.29. The average Bonchev–Trinajstić information content (AvgIpc) is 3.14. The highest BCUT2D eigenvalue weighted by atomic mass is 35.5. The van der Waals surface area contributed by atoms with Crippen LogP contribution in [-0.4, -0.2) is 37.0 Å². The van der Waals surface area contributed by atoms with Crippen LogP contribution in [0.3, 0.4) is 0 Å². The van der Waals surface area contributed by atoms with E-state index in [2.05, 4.69) is 11.9 Å². The summed E-state index contributed by atoms with van der Waals surface area (Å²) >= 11 is 5.88. The summed E-state index contributed by atoms with van der Waals surface area (Å²) in [6.07, 6.45) is 2.58. The zero-order chi connectivity index (χ0) is 13.1. The minimum Gasteiger partial charge on any atom is -0.491 e. The number of nitrogen functional groups attached to an aromatic ring is 1. The molecule has 18 heavy (non-hydrogen) atoms. The van der Waals surface area contributed by atoms with Gasteiger partial charge in [0.1, 0.15) is 18.2 Å². The largest absolute Gasteiger partial charge is 0.491 e. The molecular weight excluding hydrogens is 250 g/mol. The summed E-state index contributed by atoms with van der Waals surface area (Å²) in [7, 11) is 2.11. The normalized spacial score (nSPS) is 14.8. The van der Waals surface area contributed by atoms with Crippen LogP contribution in [0.25, 0.3) is 0 Å². The molecule has 1 aliphatic carbocycles. The number of benzene rings is 1. The molecule has 0 aromatic heterocycles. The summed E-state index contributed by atoms with van der Waals surface area (Å²) in [6.45, 7) is 1.47. The predicted molar refractivity (Wildman–Crippen MR) is 73.6 cm³/mol. The van der Waals surface area contributed by atoms with E-state index in [-0.39, 0.29) is 5.84 Å². The SMILES string of the molecule is CN(CCOc1ccc(Cl)cc1C(=N)N)C1CC1. The molecule has 0 unspecified atom stereocenters. The van der Waals surface area contributed by atoms with Crippen LogP contribution >= 0.6 is 11.6 Å². The van der Waals surface area contributed by atoms with Crippen LogP contribution in [0.1, 0.15) is 18.4 Å². The van der Waals surface area contributed by atoms with Crippen LogP contribution in [0.15, 0.2) is 18.2 Å². The molecule has 0 saturated heterocycles. The molecular formula is C13H18ClN3O. The minimum absolute atomic E-state index is 0.0250. The van der Waals surface area contributed by atoms with Crippen molar-refractivity contribution in [1.29, 1.82) is 5.41 Å². The maximum absolute atomic E-state index is 7.50. The fourth-order valence-electron chi connectivity index (χ4n) is 1.84. The van der Waals surface area contributed by atoms with Gasteiger partial charge in [-0.1, -0.05) is 11.6 Å². The fraction of sp³-hybridized carbons (Fsp3) is 0.462. The van der Waals surface area contributed by atoms with Crippen LogP contribution in [0.4, 0.5) is 0 Å². The second-order valence-corrected chi connectivity index (χ2v) is 5.05. The van der Waals surface area contributed by atoms with Crippen molar-refractivity contribution in [3.8, 4) is 5.75 Å². The Morgan fingerprint density at radius 1 is 1.56 bits per heavy atom. The molecule has 1 aliphatic rings. The molecule has 3 N–H and O–H groups in total. The first-order chi connectivity index (χ1) is 8.58. The van der Waals surface area contributed by atoms with Gasteiger partial charge in [0, 0.05) is 17.6 Å². The lowest BCUT2D eigenvalue weighted by Gasteiger charge is -2.17. The first kappa shape index (κ1) is 13.2. The van der Waals surface area contributed by atoms with E-state index < -0.39 is 0 Å². The van der Waals surface area contributed by atoms with E-state index in [0.717, 1.165) is 12.6 Å². The Kier molecular flexibility index (Phi) is 4.09. The summed E-state index contributed by atoms with van der Waals surface area (Å²) in [5.74, 6) is 0.596. The van der Waals surface area contributed by atoms with E-state index in [9.17, 15) is 0 Å². The van der Waals surface area contributed by atoms with Gasteiger partial charge in [-0.15, -0.1) is 0 Å². The lowest BCUT2D eigenvalue weighted by Crippen LogP contribution is -2.26. The van der Waals surface area contributed by atoms with Gasteiger partial charge in [0.2, 0.25) is 0 Å². The number of nitrogens with zero attached hydrogens (tertiary/aromatic N) is 1. The topological polar surface area (TPSA) is 62.3 Å². The molecule has 5 heteroatoms. The molecule has 0 heterocycles.